The van der Waals surface area contributed by atoms with Crippen LogP contribution in [0, 0.1) is 10.8 Å². The first-order valence-corrected chi connectivity index (χ1v) is 12.3. The van der Waals surface area contributed by atoms with Crippen LogP contribution in [-0.2, 0) is 21.4 Å². The average Bonchev–Trinajstić information content (AvgIpc) is 3.37. The smallest absolute Gasteiger partial charge is 0.262 e. The molecule has 0 amide bonds. The summed E-state index contributed by atoms with van der Waals surface area (Å²) in [4.78, 5) is 13.3. The Morgan fingerprint density at radius 3 is 2.61 bits per heavy atom. The molecular formula is C21H28N6O3S. The molecule has 31 heavy (non-hydrogen) atoms. The molecule has 0 atom stereocenters. The monoisotopic (exact) mass is 444 g/mol. The fraction of sp³-hybridized carbons (Fsp3) is 0.619. The number of carbonyl (C=O) groups excluding carboxylic acids is 1. The Labute approximate surface area is 182 Å². The van der Waals surface area contributed by atoms with Gasteiger partial charge in [-0.15, -0.1) is 5.11 Å². The van der Waals surface area contributed by atoms with Crippen molar-refractivity contribution >= 4 is 15.8 Å². The van der Waals surface area contributed by atoms with Gasteiger partial charge >= 0.3 is 0 Å². The van der Waals surface area contributed by atoms with Gasteiger partial charge in [0.05, 0.1) is 6.54 Å². The lowest BCUT2D eigenvalue weighted by atomic mass is 9.60. The number of aromatic nitrogens is 2. The topological polar surface area (TPSA) is 109 Å². The summed E-state index contributed by atoms with van der Waals surface area (Å²) in [5.41, 5.74) is 2.22. The number of Topliss-reactive ketones (excluding diaryl/α,β-unsaturated/α-hetero) is 1. The van der Waals surface area contributed by atoms with Crippen LogP contribution in [0.1, 0.15) is 46.5 Å². The van der Waals surface area contributed by atoms with Crippen LogP contribution in [0.15, 0.2) is 50.2 Å². The van der Waals surface area contributed by atoms with Crippen molar-refractivity contribution in [2.24, 2.45) is 21.1 Å². The Bertz CT molecular complexity index is 1150. The molecule has 1 N–H and O–H groups in total. The highest BCUT2D eigenvalue weighted by molar-refractivity contribution is 7.89. The number of rotatable bonds is 3. The van der Waals surface area contributed by atoms with Gasteiger partial charge in [0.15, 0.2) is 16.6 Å². The lowest BCUT2D eigenvalue weighted by Gasteiger charge is -2.48. The number of hydrogen-bond acceptors (Lipinski definition) is 7. The lowest BCUT2D eigenvalue weighted by Crippen LogP contribution is -2.50. The summed E-state index contributed by atoms with van der Waals surface area (Å²) < 4.78 is 29.4. The highest BCUT2D eigenvalue weighted by Gasteiger charge is 2.53. The second-order valence-electron chi connectivity index (χ2n) is 9.64. The summed E-state index contributed by atoms with van der Waals surface area (Å²) in [6.45, 7) is 7.88. The van der Waals surface area contributed by atoms with Crippen LogP contribution in [0.5, 0.6) is 0 Å². The van der Waals surface area contributed by atoms with Gasteiger partial charge in [0.1, 0.15) is 0 Å². The van der Waals surface area contributed by atoms with Gasteiger partial charge in [0.25, 0.3) is 10.0 Å². The number of carbonyl (C=O) groups is 1. The van der Waals surface area contributed by atoms with Crippen LogP contribution >= 0.6 is 0 Å². The maximum atomic E-state index is 13.3. The zero-order valence-corrected chi connectivity index (χ0v) is 19.0. The maximum absolute atomic E-state index is 13.3. The first-order valence-electron chi connectivity index (χ1n) is 10.8. The number of sulfonamides is 1. The number of fused-ring (bicyclic) bond motifs is 2. The summed E-state index contributed by atoms with van der Waals surface area (Å²) in [5.74, 6) is 0.914. The fourth-order valence-corrected chi connectivity index (χ4v) is 6.89. The van der Waals surface area contributed by atoms with Crippen LogP contribution in [0.4, 0.5) is 0 Å². The van der Waals surface area contributed by atoms with E-state index < -0.39 is 15.4 Å². The molecule has 1 fully saturated rings. The molecular weight excluding hydrogens is 416 g/mol. The van der Waals surface area contributed by atoms with E-state index in [1.165, 1.54) is 4.31 Å². The first-order chi connectivity index (χ1) is 14.7. The number of piperidine rings is 1. The molecule has 3 aliphatic heterocycles. The van der Waals surface area contributed by atoms with E-state index in [1.807, 2.05) is 6.92 Å². The summed E-state index contributed by atoms with van der Waals surface area (Å²) in [6.07, 6.45) is 4.07. The number of nitrogens with one attached hydrogen (secondary N) is 1. The molecule has 1 aromatic rings. The molecule has 166 valence electrons. The molecule has 0 bridgehead atoms. The molecule has 0 unspecified atom stereocenters. The molecule has 1 aromatic heterocycles. The number of dihydropyridines is 1. The van der Waals surface area contributed by atoms with E-state index in [4.69, 9.17) is 0 Å². The van der Waals surface area contributed by atoms with Crippen molar-refractivity contribution in [3.63, 3.8) is 0 Å². The van der Waals surface area contributed by atoms with E-state index >= 15 is 0 Å². The van der Waals surface area contributed by atoms with Crippen molar-refractivity contribution in [3.05, 3.63) is 34.9 Å². The quantitative estimate of drug-likeness (QED) is 0.771. The van der Waals surface area contributed by atoms with Gasteiger partial charge in [-0.05, 0) is 37.7 Å². The summed E-state index contributed by atoms with van der Waals surface area (Å²) in [7, 11) is -3.67. The largest absolute Gasteiger partial charge is 0.342 e. The Hall–Kier alpha value is -2.33. The number of allylic oxidation sites excluding steroid dienone is 2. The highest BCUT2D eigenvalue weighted by atomic mass is 32.2. The molecule has 5 rings (SSSR count). The van der Waals surface area contributed by atoms with Crippen LogP contribution in [0.25, 0.3) is 0 Å². The van der Waals surface area contributed by atoms with Crippen molar-refractivity contribution in [3.8, 4) is 0 Å². The van der Waals surface area contributed by atoms with Crippen molar-refractivity contribution in [2.75, 3.05) is 19.6 Å². The zero-order chi connectivity index (χ0) is 22.0. The third kappa shape index (κ3) is 3.10. The van der Waals surface area contributed by atoms with E-state index in [1.54, 1.807) is 16.9 Å². The van der Waals surface area contributed by atoms with Crippen LogP contribution in [0.2, 0.25) is 0 Å². The third-order valence-electron chi connectivity index (χ3n) is 7.01. The minimum absolute atomic E-state index is 0.0804. The fourth-order valence-electron chi connectivity index (χ4n) is 5.52. The SMILES string of the molecule is CCn1ccc(S(=O)(=O)N2CCC3(CC2)C2=C(N=NC2)NC2=C3C(=O)CC(C)(C)C2)n1. The van der Waals surface area contributed by atoms with E-state index in [0.29, 0.717) is 45.4 Å². The highest BCUT2D eigenvalue weighted by Crippen LogP contribution is 2.55. The van der Waals surface area contributed by atoms with Gasteiger partial charge in [-0.3, -0.25) is 9.48 Å². The minimum atomic E-state index is -3.67. The molecule has 1 saturated heterocycles. The number of aryl methyl sites for hydroxylation is 1. The van der Waals surface area contributed by atoms with Crippen LogP contribution in [0.3, 0.4) is 0 Å². The Balaban J connectivity index is 1.48. The molecule has 0 aromatic carbocycles. The molecule has 4 heterocycles. The molecule has 4 aliphatic rings. The lowest BCUT2D eigenvalue weighted by molar-refractivity contribution is -0.119. The van der Waals surface area contributed by atoms with Gasteiger partial charge in [0.2, 0.25) is 0 Å². The van der Waals surface area contributed by atoms with E-state index in [-0.39, 0.29) is 16.2 Å². The average molecular weight is 445 g/mol. The molecule has 9 nitrogen and oxygen atoms in total. The van der Waals surface area contributed by atoms with Gasteiger partial charge in [-0.2, -0.15) is 14.5 Å². The van der Waals surface area contributed by atoms with E-state index in [9.17, 15) is 13.2 Å². The Morgan fingerprint density at radius 1 is 1.19 bits per heavy atom. The van der Waals surface area contributed by atoms with Crippen molar-refractivity contribution < 1.29 is 13.2 Å². The van der Waals surface area contributed by atoms with E-state index in [0.717, 1.165) is 29.1 Å². The number of nitrogens with zero attached hydrogens (tertiary/aromatic N) is 5. The number of hydrogen-bond donors (Lipinski definition) is 1. The second kappa shape index (κ2) is 6.83. The predicted molar refractivity (Wildman–Crippen MR) is 113 cm³/mol. The zero-order valence-electron chi connectivity index (χ0n) is 18.2. The van der Waals surface area contributed by atoms with Crippen LogP contribution < -0.4 is 5.32 Å². The summed E-state index contributed by atoms with van der Waals surface area (Å²) in [6, 6.07) is 1.55. The van der Waals surface area contributed by atoms with Gasteiger partial charge in [0, 0.05) is 54.5 Å². The standard InChI is InChI=1S/C21H28N6O3S/c1-4-26-8-5-17(25-26)31(29,30)27-9-6-21(7-10-27)14-13-22-24-19(14)23-15-11-20(2,3)12-16(28)18(15)21/h5,8,23H,4,6-7,9-13H2,1-3H3. The predicted octanol–water partition coefficient (Wildman–Crippen LogP) is 2.60. The van der Waals surface area contributed by atoms with Crippen molar-refractivity contribution in [2.45, 2.75) is 58.0 Å². The normalized spacial score (nSPS) is 25.1. The summed E-state index contributed by atoms with van der Waals surface area (Å²) in [5, 5.41) is 16.2. The Morgan fingerprint density at radius 2 is 1.94 bits per heavy atom. The van der Waals surface area contributed by atoms with Crippen LogP contribution in [-0.4, -0.2) is 47.9 Å². The van der Waals surface area contributed by atoms with Gasteiger partial charge in [-0.1, -0.05) is 13.8 Å². The molecule has 0 saturated carbocycles. The van der Waals surface area contributed by atoms with Crippen molar-refractivity contribution in [1.29, 1.82) is 0 Å². The molecule has 10 heteroatoms. The minimum Gasteiger partial charge on any atom is -0.342 e. The van der Waals surface area contributed by atoms with E-state index in [2.05, 4.69) is 34.5 Å². The number of azo groups is 1. The summed E-state index contributed by atoms with van der Waals surface area (Å²) >= 11 is 0. The van der Waals surface area contributed by atoms with Gasteiger partial charge < -0.3 is 5.32 Å². The molecule has 1 spiro atoms. The van der Waals surface area contributed by atoms with Crippen molar-refractivity contribution in [1.82, 2.24) is 19.4 Å². The maximum Gasteiger partial charge on any atom is 0.262 e. The third-order valence-corrected chi connectivity index (χ3v) is 8.80. The Kier molecular flexibility index (Phi) is 4.53. The number of ketones is 1. The van der Waals surface area contributed by atoms with Gasteiger partial charge in [-0.25, -0.2) is 8.42 Å². The first kappa shape index (κ1) is 20.6. The molecule has 1 aliphatic carbocycles. The second-order valence-corrected chi connectivity index (χ2v) is 11.5. The molecule has 0 radical (unpaired) electrons.